The molecule has 34 heavy (non-hydrogen) atoms. The van der Waals surface area contributed by atoms with E-state index < -0.39 is 17.6 Å². The molecule has 2 aromatic carbocycles. The summed E-state index contributed by atoms with van der Waals surface area (Å²) in [6.07, 6.45) is -3.00. The first-order valence-electron chi connectivity index (χ1n) is 10.7. The van der Waals surface area contributed by atoms with Gasteiger partial charge in [0.05, 0.1) is 29.9 Å². The van der Waals surface area contributed by atoms with Crippen molar-refractivity contribution in [3.63, 3.8) is 0 Å². The highest BCUT2D eigenvalue weighted by Gasteiger charge is 2.34. The highest BCUT2D eigenvalue weighted by Crippen LogP contribution is 2.37. The van der Waals surface area contributed by atoms with Crippen LogP contribution in [0.1, 0.15) is 15.9 Å². The van der Waals surface area contributed by atoms with Crippen molar-refractivity contribution in [1.82, 2.24) is 15.0 Å². The molecule has 1 aliphatic heterocycles. The SMILES string of the molecule is O=C(Nc1ccccn1)c1cc(N2CCOCC2)cc2[nH]c(-c3ccccc3C(F)(F)F)nc12. The van der Waals surface area contributed by atoms with Crippen LogP contribution in [0.2, 0.25) is 0 Å². The molecule has 1 aliphatic rings. The van der Waals surface area contributed by atoms with E-state index in [1.165, 1.54) is 18.2 Å². The molecule has 1 amide bonds. The van der Waals surface area contributed by atoms with Gasteiger partial charge in [0.2, 0.25) is 0 Å². The molecule has 0 saturated carbocycles. The van der Waals surface area contributed by atoms with E-state index in [0.717, 1.165) is 11.8 Å². The number of halogens is 3. The van der Waals surface area contributed by atoms with E-state index >= 15 is 0 Å². The number of rotatable bonds is 4. The predicted molar refractivity (Wildman–Crippen MR) is 122 cm³/mol. The Labute approximate surface area is 192 Å². The fourth-order valence-corrected chi connectivity index (χ4v) is 3.96. The van der Waals surface area contributed by atoms with Crippen LogP contribution in [0.15, 0.2) is 60.8 Å². The number of pyridine rings is 1. The van der Waals surface area contributed by atoms with Crippen LogP contribution in [0.25, 0.3) is 22.4 Å². The molecule has 5 rings (SSSR count). The zero-order valence-electron chi connectivity index (χ0n) is 17.9. The van der Waals surface area contributed by atoms with Crippen LogP contribution >= 0.6 is 0 Å². The Morgan fingerprint density at radius 3 is 2.56 bits per heavy atom. The molecular weight excluding hydrogens is 447 g/mol. The zero-order valence-corrected chi connectivity index (χ0v) is 17.9. The van der Waals surface area contributed by atoms with Gasteiger partial charge in [-0.2, -0.15) is 13.2 Å². The van der Waals surface area contributed by atoms with Crippen LogP contribution in [-0.4, -0.2) is 47.2 Å². The van der Waals surface area contributed by atoms with Crippen LogP contribution in [0, 0.1) is 0 Å². The van der Waals surface area contributed by atoms with E-state index in [2.05, 4.69) is 25.2 Å². The van der Waals surface area contributed by atoms with Gasteiger partial charge >= 0.3 is 6.18 Å². The van der Waals surface area contributed by atoms with Crippen molar-refractivity contribution in [2.45, 2.75) is 6.18 Å². The number of aromatic amines is 1. The summed E-state index contributed by atoms with van der Waals surface area (Å²) in [4.78, 5) is 26.8. The molecule has 0 bridgehead atoms. The summed E-state index contributed by atoms with van der Waals surface area (Å²) in [5, 5.41) is 2.74. The number of hydrogen-bond acceptors (Lipinski definition) is 5. The number of ether oxygens (including phenoxy) is 1. The summed E-state index contributed by atoms with van der Waals surface area (Å²) >= 11 is 0. The van der Waals surface area contributed by atoms with E-state index in [0.29, 0.717) is 37.6 Å². The number of hydrogen-bond donors (Lipinski definition) is 2. The van der Waals surface area contributed by atoms with Crippen LogP contribution in [0.4, 0.5) is 24.7 Å². The molecule has 10 heteroatoms. The van der Waals surface area contributed by atoms with Crippen molar-refractivity contribution in [2.24, 2.45) is 0 Å². The Kier molecular flexibility index (Phi) is 5.66. The fraction of sp³-hybridized carbons (Fsp3) is 0.208. The van der Waals surface area contributed by atoms with E-state index in [-0.39, 0.29) is 22.5 Å². The molecule has 7 nitrogen and oxygen atoms in total. The third kappa shape index (κ3) is 4.32. The third-order valence-corrected chi connectivity index (χ3v) is 5.59. The molecule has 2 N–H and O–H groups in total. The molecule has 4 aromatic rings. The zero-order chi connectivity index (χ0) is 23.7. The molecular formula is C24H20F3N5O2. The number of H-pyrrole nitrogens is 1. The fourth-order valence-electron chi connectivity index (χ4n) is 3.96. The highest BCUT2D eigenvalue weighted by molar-refractivity contribution is 6.12. The van der Waals surface area contributed by atoms with E-state index in [9.17, 15) is 18.0 Å². The van der Waals surface area contributed by atoms with Gasteiger partial charge in [-0.25, -0.2) is 9.97 Å². The van der Waals surface area contributed by atoms with Gasteiger partial charge in [0.25, 0.3) is 5.91 Å². The average Bonchev–Trinajstić information content (AvgIpc) is 3.28. The predicted octanol–water partition coefficient (Wildman–Crippen LogP) is 4.73. The number of carbonyl (C=O) groups excluding carboxylic acids is 1. The van der Waals surface area contributed by atoms with Gasteiger partial charge in [0.1, 0.15) is 17.2 Å². The molecule has 0 spiro atoms. The first kappa shape index (κ1) is 21.9. The molecule has 174 valence electrons. The lowest BCUT2D eigenvalue weighted by molar-refractivity contribution is -0.137. The highest BCUT2D eigenvalue weighted by atomic mass is 19.4. The number of anilines is 2. The molecule has 3 heterocycles. The summed E-state index contributed by atoms with van der Waals surface area (Å²) in [7, 11) is 0. The minimum absolute atomic E-state index is 0.0361. The number of imidazole rings is 1. The molecule has 1 fully saturated rings. The largest absolute Gasteiger partial charge is 0.417 e. The van der Waals surface area contributed by atoms with Gasteiger partial charge in [0, 0.05) is 30.5 Å². The van der Waals surface area contributed by atoms with Gasteiger partial charge in [0.15, 0.2) is 0 Å². The lowest BCUT2D eigenvalue weighted by atomic mass is 10.1. The van der Waals surface area contributed by atoms with Crippen molar-refractivity contribution < 1.29 is 22.7 Å². The maximum atomic E-state index is 13.6. The monoisotopic (exact) mass is 467 g/mol. The Bertz CT molecular complexity index is 1330. The number of aromatic nitrogens is 3. The summed E-state index contributed by atoms with van der Waals surface area (Å²) in [6, 6.07) is 13.8. The Hall–Kier alpha value is -3.92. The number of nitrogens with zero attached hydrogens (tertiary/aromatic N) is 3. The van der Waals surface area contributed by atoms with Gasteiger partial charge in [-0.05, 0) is 30.3 Å². The van der Waals surface area contributed by atoms with Gasteiger partial charge in [-0.1, -0.05) is 24.3 Å². The topological polar surface area (TPSA) is 83.1 Å². The number of carbonyl (C=O) groups is 1. The van der Waals surface area contributed by atoms with Gasteiger partial charge < -0.3 is 19.9 Å². The molecule has 0 unspecified atom stereocenters. The van der Waals surface area contributed by atoms with Crippen LogP contribution in [-0.2, 0) is 10.9 Å². The number of alkyl halides is 3. The van der Waals surface area contributed by atoms with Crippen molar-refractivity contribution in [2.75, 3.05) is 36.5 Å². The molecule has 0 radical (unpaired) electrons. The first-order valence-corrected chi connectivity index (χ1v) is 10.7. The van der Waals surface area contributed by atoms with Crippen molar-refractivity contribution in [1.29, 1.82) is 0 Å². The van der Waals surface area contributed by atoms with Gasteiger partial charge in [-0.3, -0.25) is 4.79 Å². The number of morpholine rings is 1. The van der Waals surface area contributed by atoms with E-state index in [4.69, 9.17) is 4.74 Å². The number of fused-ring (bicyclic) bond motifs is 1. The second-order valence-electron chi connectivity index (χ2n) is 7.79. The second kappa shape index (κ2) is 8.79. The summed E-state index contributed by atoms with van der Waals surface area (Å²) in [6.45, 7) is 2.34. The lowest BCUT2D eigenvalue weighted by Crippen LogP contribution is -2.36. The minimum atomic E-state index is -4.55. The number of benzene rings is 2. The maximum Gasteiger partial charge on any atom is 0.417 e. The number of nitrogens with one attached hydrogen (secondary N) is 2. The Balaban J connectivity index is 1.63. The summed E-state index contributed by atoms with van der Waals surface area (Å²) in [5.74, 6) is -0.0643. The second-order valence-corrected chi connectivity index (χ2v) is 7.79. The minimum Gasteiger partial charge on any atom is -0.378 e. The van der Waals surface area contributed by atoms with Crippen molar-refractivity contribution in [3.8, 4) is 11.4 Å². The van der Waals surface area contributed by atoms with E-state index in [1.807, 2.05) is 0 Å². The standard InChI is InChI=1S/C24H20F3N5O2/c25-24(26,27)18-6-2-1-5-16(18)22-29-19-14-15(32-9-11-34-12-10-32)13-17(21(19)31-22)23(33)30-20-7-3-4-8-28-20/h1-8,13-14H,9-12H2,(H,29,31)(H,28,30,33). The van der Waals surface area contributed by atoms with E-state index in [1.54, 1.807) is 36.5 Å². The van der Waals surface area contributed by atoms with Crippen LogP contribution in [0.5, 0.6) is 0 Å². The van der Waals surface area contributed by atoms with Crippen molar-refractivity contribution >= 4 is 28.4 Å². The normalized spacial score (nSPS) is 14.4. The van der Waals surface area contributed by atoms with Crippen LogP contribution < -0.4 is 10.2 Å². The Morgan fingerprint density at radius 1 is 1.06 bits per heavy atom. The quantitative estimate of drug-likeness (QED) is 0.453. The average molecular weight is 467 g/mol. The first-order chi connectivity index (χ1) is 16.4. The maximum absolute atomic E-state index is 13.6. The Morgan fingerprint density at radius 2 is 1.82 bits per heavy atom. The van der Waals surface area contributed by atoms with Crippen molar-refractivity contribution in [3.05, 3.63) is 71.9 Å². The smallest absolute Gasteiger partial charge is 0.378 e. The lowest BCUT2D eigenvalue weighted by Gasteiger charge is -2.29. The number of amides is 1. The molecule has 0 atom stereocenters. The molecule has 0 aliphatic carbocycles. The third-order valence-electron chi connectivity index (χ3n) is 5.59. The summed E-state index contributed by atoms with van der Waals surface area (Å²) in [5.41, 5.74) is 0.828. The van der Waals surface area contributed by atoms with Crippen LogP contribution in [0.3, 0.4) is 0 Å². The molecule has 1 saturated heterocycles. The summed E-state index contributed by atoms with van der Waals surface area (Å²) < 4.78 is 46.3. The van der Waals surface area contributed by atoms with Gasteiger partial charge in [-0.15, -0.1) is 0 Å². The molecule has 2 aromatic heterocycles.